The first-order chi connectivity index (χ1) is 14.6. The predicted molar refractivity (Wildman–Crippen MR) is 112 cm³/mol. The van der Waals surface area contributed by atoms with Crippen LogP contribution >= 0.6 is 11.3 Å². The molecule has 0 unspecified atom stereocenters. The van der Waals surface area contributed by atoms with Crippen molar-refractivity contribution in [1.82, 2.24) is 15.3 Å². The second-order valence-corrected chi connectivity index (χ2v) is 7.25. The molecule has 2 N–H and O–H groups in total. The van der Waals surface area contributed by atoms with E-state index in [0.29, 0.717) is 17.0 Å². The molecule has 1 amide bonds. The van der Waals surface area contributed by atoms with Crippen molar-refractivity contribution in [2.24, 2.45) is 0 Å². The quantitative estimate of drug-likeness (QED) is 0.485. The number of thiophene rings is 1. The third-order valence-electron chi connectivity index (χ3n) is 4.24. The molecule has 8 heteroatoms. The van der Waals surface area contributed by atoms with Crippen LogP contribution in [0.5, 0.6) is 11.6 Å². The molecular formula is C22H16FN3O3S. The van der Waals surface area contributed by atoms with Crippen molar-refractivity contribution in [3.63, 3.8) is 0 Å². The van der Waals surface area contributed by atoms with Crippen LogP contribution in [0.2, 0.25) is 0 Å². The molecular weight excluding hydrogens is 405 g/mol. The number of pyridine rings is 2. The van der Waals surface area contributed by atoms with E-state index >= 15 is 0 Å². The molecule has 0 saturated heterocycles. The number of ether oxygens (including phenoxy) is 1. The maximum absolute atomic E-state index is 13.4. The molecule has 0 aliphatic rings. The van der Waals surface area contributed by atoms with E-state index < -0.39 is 17.3 Å². The normalized spacial score (nSPS) is 10.6. The Kier molecular flexibility index (Phi) is 5.67. The highest BCUT2D eigenvalue weighted by Crippen LogP contribution is 2.24. The summed E-state index contributed by atoms with van der Waals surface area (Å²) in [5.74, 6) is -0.412. The van der Waals surface area contributed by atoms with Crippen LogP contribution < -0.4 is 15.6 Å². The van der Waals surface area contributed by atoms with Crippen LogP contribution in [0.3, 0.4) is 0 Å². The lowest BCUT2D eigenvalue weighted by Crippen LogP contribution is -2.29. The van der Waals surface area contributed by atoms with Crippen LogP contribution in [0.4, 0.5) is 4.39 Å². The summed E-state index contributed by atoms with van der Waals surface area (Å²) in [6, 6.07) is 16.1. The average molecular weight is 421 g/mol. The molecule has 150 valence electrons. The van der Waals surface area contributed by atoms with Crippen molar-refractivity contribution in [3.8, 4) is 22.2 Å². The Hall–Kier alpha value is -3.78. The molecule has 0 bridgehead atoms. The van der Waals surface area contributed by atoms with E-state index in [1.165, 1.54) is 41.8 Å². The smallest absolute Gasteiger partial charge is 0.261 e. The van der Waals surface area contributed by atoms with Crippen LogP contribution in [0.1, 0.15) is 15.9 Å². The minimum atomic E-state index is -0.519. The van der Waals surface area contributed by atoms with Crippen molar-refractivity contribution < 1.29 is 13.9 Å². The van der Waals surface area contributed by atoms with E-state index in [1.54, 1.807) is 24.3 Å². The first kappa shape index (κ1) is 19.5. The summed E-state index contributed by atoms with van der Waals surface area (Å²) < 4.78 is 19.0. The molecule has 3 heterocycles. The maximum atomic E-state index is 13.4. The van der Waals surface area contributed by atoms with Gasteiger partial charge in [-0.25, -0.2) is 9.37 Å². The van der Waals surface area contributed by atoms with Gasteiger partial charge in [0.2, 0.25) is 5.88 Å². The number of aromatic amines is 1. The van der Waals surface area contributed by atoms with Crippen molar-refractivity contribution in [1.29, 1.82) is 0 Å². The van der Waals surface area contributed by atoms with E-state index in [1.807, 2.05) is 17.5 Å². The van der Waals surface area contributed by atoms with E-state index in [0.717, 1.165) is 4.88 Å². The van der Waals surface area contributed by atoms with Gasteiger partial charge in [0.15, 0.2) is 0 Å². The van der Waals surface area contributed by atoms with E-state index in [9.17, 15) is 14.0 Å². The Morgan fingerprint density at radius 2 is 2.03 bits per heavy atom. The van der Waals surface area contributed by atoms with E-state index in [-0.39, 0.29) is 18.0 Å². The van der Waals surface area contributed by atoms with Gasteiger partial charge in [-0.3, -0.25) is 9.59 Å². The Bertz CT molecular complexity index is 1240. The number of carbonyl (C=O) groups excluding carboxylic acids is 1. The Labute approximate surface area is 175 Å². The van der Waals surface area contributed by atoms with Gasteiger partial charge in [0.1, 0.15) is 17.1 Å². The van der Waals surface area contributed by atoms with Gasteiger partial charge in [-0.2, -0.15) is 0 Å². The molecule has 0 aliphatic carbocycles. The molecule has 0 spiro atoms. The predicted octanol–water partition coefficient (Wildman–Crippen LogP) is 4.36. The van der Waals surface area contributed by atoms with Gasteiger partial charge in [0, 0.05) is 24.4 Å². The standard InChI is InChI=1S/C22H16FN3O3S/c23-15-5-1-6-16(12-15)29-22-14(4-2-10-24-22)13-25-20(27)17-8-9-18(26-21(17)28)19-7-3-11-30-19/h1-12H,13H2,(H,25,27)(H,26,28). The molecule has 0 saturated carbocycles. The molecule has 0 aliphatic heterocycles. The fourth-order valence-electron chi connectivity index (χ4n) is 2.79. The summed E-state index contributed by atoms with van der Waals surface area (Å²) in [5.41, 5.74) is 0.777. The zero-order valence-electron chi connectivity index (χ0n) is 15.6. The van der Waals surface area contributed by atoms with Crippen molar-refractivity contribution in [2.75, 3.05) is 0 Å². The zero-order valence-corrected chi connectivity index (χ0v) is 16.4. The van der Waals surface area contributed by atoms with Gasteiger partial charge < -0.3 is 15.0 Å². The van der Waals surface area contributed by atoms with Crippen LogP contribution in [0.15, 0.2) is 77.0 Å². The Balaban J connectivity index is 1.47. The zero-order chi connectivity index (χ0) is 20.9. The van der Waals surface area contributed by atoms with Gasteiger partial charge in [-0.15, -0.1) is 11.3 Å². The van der Waals surface area contributed by atoms with Gasteiger partial charge >= 0.3 is 0 Å². The molecule has 6 nitrogen and oxygen atoms in total. The average Bonchev–Trinajstić information content (AvgIpc) is 3.28. The lowest BCUT2D eigenvalue weighted by atomic mass is 10.2. The second kappa shape index (κ2) is 8.71. The van der Waals surface area contributed by atoms with Crippen LogP contribution in [0.25, 0.3) is 10.6 Å². The molecule has 1 aromatic carbocycles. The monoisotopic (exact) mass is 421 g/mol. The number of hydrogen-bond donors (Lipinski definition) is 2. The van der Waals surface area contributed by atoms with Crippen LogP contribution in [-0.2, 0) is 6.54 Å². The third kappa shape index (κ3) is 4.44. The highest BCUT2D eigenvalue weighted by molar-refractivity contribution is 7.13. The number of halogens is 1. The first-order valence-electron chi connectivity index (χ1n) is 9.03. The molecule has 0 atom stereocenters. The van der Waals surface area contributed by atoms with E-state index in [4.69, 9.17) is 4.74 Å². The highest BCUT2D eigenvalue weighted by Gasteiger charge is 2.13. The van der Waals surface area contributed by atoms with Crippen LogP contribution in [-0.4, -0.2) is 15.9 Å². The maximum Gasteiger partial charge on any atom is 0.261 e. The molecule has 4 aromatic rings. The minimum absolute atomic E-state index is 0.00629. The molecule has 0 fully saturated rings. The fraction of sp³-hybridized carbons (Fsp3) is 0.0455. The van der Waals surface area contributed by atoms with Crippen molar-refractivity contribution >= 4 is 17.2 Å². The first-order valence-corrected chi connectivity index (χ1v) is 9.91. The third-order valence-corrected chi connectivity index (χ3v) is 5.14. The fourth-order valence-corrected chi connectivity index (χ4v) is 3.50. The number of rotatable bonds is 6. The van der Waals surface area contributed by atoms with Crippen molar-refractivity contribution in [3.05, 3.63) is 99.5 Å². The molecule has 0 radical (unpaired) electrons. The summed E-state index contributed by atoms with van der Waals surface area (Å²) in [6.07, 6.45) is 1.54. The number of nitrogens with zero attached hydrogens (tertiary/aromatic N) is 1. The largest absolute Gasteiger partial charge is 0.439 e. The van der Waals surface area contributed by atoms with Crippen LogP contribution in [0, 0.1) is 5.82 Å². The number of amides is 1. The Morgan fingerprint density at radius 1 is 1.13 bits per heavy atom. The summed E-state index contributed by atoms with van der Waals surface area (Å²) in [5, 5.41) is 4.61. The lowest BCUT2D eigenvalue weighted by molar-refractivity contribution is 0.0949. The number of aromatic nitrogens is 2. The number of carbonyl (C=O) groups is 1. The highest BCUT2D eigenvalue weighted by atomic mass is 32.1. The lowest BCUT2D eigenvalue weighted by Gasteiger charge is -2.11. The second-order valence-electron chi connectivity index (χ2n) is 6.30. The molecule has 4 rings (SSSR count). The topological polar surface area (TPSA) is 84.1 Å². The van der Waals surface area contributed by atoms with Gasteiger partial charge in [-0.1, -0.05) is 18.2 Å². The summed E-state index contributed by atoms with van der Waals surface area (Å²) in [6.45, 7) is 0.0867. The molecule has 30 heavy (non-hydrogen) atoms. The summed E-state index contributed by atoms with van der Waals surface area (Å²) in [4.78, 5) is 32.6. The SMILES string of the molecule is O=C(NCc1cccnc1Oc1cccc(F)c1)c1ccc(-c2cccs2)[nH]c1=O. The minimum Gasteiger partial charge on any atom is -0.439 e. The number of hydrogen-bond acceptors (Lipinski definition) is 5. The Morgan fingerprint density at radius 3 is 2.80 bits per heavy atom. The van der Waals surface area contributed by atoms with Gasteiger partial charge in [0.25, 0.3) is 11.5 Å². The van der Waals surface area contributed by atoms with Gasteiger partial charge in [0.05, 0.1) is 10.6 Å². The van der Waals surface area contributed by atoms with Gasteiger partial charge in [-0.05, 0) is 41.8 Å². The number of nitrogens with one attached hydrogen (secondary N) is 2. The number of H-pyrrole nitrogens is 1. The summed E-state index contributed by atoms with van der Waals surface area (Å²) in [7, 11) is 0. The summed E-state index contributed by atoms with van der Waals surface area (Å²) >= 11 is 1.49. The number of benzene rings is 1. The van der Waals surface area contributed by atoms with E-state index in [2.05, 4.69) is 15.3 Å². The van der Waals surface area contributed by atoms with Crippen molar-refractivity contribution in [2.45, 2.75) is 6.54 Å². The molecule has 3 aromatic heterocycles.